The number of hydrogen-bond donors (Lipinski definition) is 2. The lowest BCUT2D eigenvalue weighted by atomic mass is 10.3. The molecule has 0 aliphatic carbocycles. The fraction of sp³-hybridized carbons (Fsp3) is 0.333. The van der Waals surface area contributed by atoms with Crippen molar-refractivity contribution in [3.05, 3.63) is 21.6 Å². The maximum absolute atomic E-state index is 12.3. The van der Waals surface area contributed by atoms with E-state index in [0.29, 0.717) is 5.56 Å². The van der Waals surface area contributed by atoms with Gasteiger partial charge in [0, 0.05) is 0 Å². The van der Waals surface area contributed by atoms with Crippen molar-refractivity contribution >= 4 is 27.3 Å². The monoisotopic (exact) mass is 317 g/mol. The van der Waals surface area contributed by atoms with Gasteiger partial charge in [-0.15, -0.1) is 21.5 Å². The van der Waals surface area contributed by atoms with E-state index in [9.17, 15) is 13.2 Å². The van der Waals surface area contributed by atoms with Crippen molar-refractivity contribution in [1.82, 2.24) is 25.3 Å². The van der Waals surface area contributed by atoms with Gasteiger partial charge in [0.15, 0.2) is 5.82 Å². The molecule has 0 fully saturated rings. The average molecular weight is 317 g/mol. The van der Waals surface area contributed by atoms with Gasteiger partial charge in [-0.3, -0.25) is 0 Å². The maximum atomic E-state index is 12.3. The number of esters is 1. The number of tetrazole rings is 1. The van der Waals surface area contributed by atoms with E-state index in [1.54, 1.807) is 12.3 Å². The Morgan fingerprint density at radius 3 is 2.90 bits per heavy atom. The van der Waals surface area contributed by atoms with Crippen LogP contribution in [0.1, 0.15) is 21.1 Å². The Morgan fingerprint density at radius 1 is 1.55 bits per heavy atom. The van der Waals surface area contributed by atoms with Crippen LogP contribution in [-0.4, -0.2) is 42.1 Å². The van der Waals surface area contributed by atoms with Crippen LogP contribution in [-0.2, 0) is 21.3 Å². The van der Waals surface area contributed by atoms with E-state index in [-0.39, 0.29) is 22.1 Å². The van der Waals surface area contributed by atoms with Gasteiger partial charge in [0.25, 0.3) is 0 Å². The third kappa shape index (κ3) is 2.84. The maximum Gasteiger partial charge on any atom is 0.349 e. The number of hydrogen-bond acceptors (Lipinski definition) is 8. The first-order valence-corrected chi connectivity index (χ1v) is 7.70. The number of rotatable bonds is 5. The minimum absolute atomic E-state index is 0.0330. The van der Waals surface area contributed by atoms with Crippen molar-refractivity contribution in [3.63, 3.8) is 0 Å². The van der Waals surface area contributed by atoms with Gasteiger partial charge in [0.05, 0.1) is 13.7 Å². The SMILES string of the molecule is COC(=O)c1scc(C)c1S(=O)(=O)NCc1nn[nH]n1. The molecule has 0 aromatic carbocycles. The number of sulfonamides is 1. The van der Waals surface area contributed by atoms with E-state index in [2.05, 4.69) is 30.1 Å². The molecule has 0 saturated carbocycles. The van der Waals surface area contributed by atoms with Gasteiger partial charge in [-0.2, -0.15) is 5.21 Å². The zero-order valence-corrected chi connectivity index (χ0v) is 12.2. The number of carbonyl (C=O) groups is 1. The Kier molecular flexibility index (Phi) is 4.11. The highest BCUT2D eigenvalue weighted by Crippen LogP contribution is 2.27. The summed E-state index contributed by atoms with van der Waals surface area (Å²) in [7, 11) is -2.68. The molecule has 0 aliphatic rings. The van der Waals surface area contributed by atoms with Gasteiger partial charge in [0.2, 0.25) is 10.0 Å². The number of thiophene rings is 1. The summed E-state index contributed by atoms with van der Waals surface area (Å²) in [4.78, 5) is 11.5. The van der Waals surface area contributed by atoms with E-state index in [1.807, 2.05) is 0 Å². The smallest absolute Gasteiger partial charge is 0.349 e. The van der Waals surface area contributed by atoms with Crippen LogP contribution < -0.4 is 4.72 Å². The molecule has 2 aromatic heterocycles. The summed E-state index contributed by atoms with van der Waals surface area (Å²) in [6.45, 7) is 1.47. The molecule has 11 heteroatoms. The molecule has 9 nitrogen and oxygen atoms in total. The molecule has 0 radical (unpaired) electrons. The van der Waals surface area contributed by atoms with Crippen LogP contribution in [0.2, 0.25) is 0 Å². The molecule has 0 spiro atoms. The van der Waals surface area contributed by atoms with Crippen LogP contribution in [0, 0.1) is 6.92 Å². The summed E-state index contributed by atoms with van der Waals surface area (Å²) >= 11 is 1.02. The lowest BCUT2D eigenvalue weighted by molar-refractivity contribution is 0.0602. The average Bonchev–Trinajstić information content (AvgIpc) is 3.04. The molecule has 0 amide bonds. The van der Waals surface area contributed by atoms with Crippen LogP contribution in [0.4, 0.5) is 0 Å². The summed E-state index contributed by atoms with van der Waals surface area (Å²) in [5.41, 5.74) is 0.469. The number of nitrogens with one attached hydrogen (secondary N) is 2. The van der Waals surface area contributed by atoms with Crippen LogP contribution in [0.5, 0.6) is 0 Å². The molecule has 2 N–H and O–H groups in total. The molecule has 2 rings (SSSR count). The van der Waals surface area contributed by atoms with Crippen molar-refractivity contribution in [2.75, 3.05) is 7.11 Å². The predicted octanol–water partition coefficient (Wildman–Crippen LogP) is -0.165. The largest absolute Gasteiger partial charge is 0.465 e. The number of aromatic amines is 1. The topological polar surface area (TPSA) is 127 Å². The second kappa shape index (κ2) is 5.64. The molecule has 0 bridgehead atoms. The standard InChI is InChI=1S/C9H11N5O4S2/c1-5-4-19-7(9(15)18-2)8(5)20(16,17)10-3-6-11-13-14-12-6/h4,10H,3H2,1-2H3,(H,11,12,13,14). The van der Waals surface area contributed by atoms with Crippen LogP contribution in [0.15, 0.2) is 10.3 Å². The highest BCUT2D eigenvalue weighted by molar-refractivity contribution is 7.89. The first kappa shape index (κ1) is 14.6. The van der Waals surface area contributed by atoms with Gasteiger partial charge in [-0.1, -0.05) is 5.21 Å². The number of aromatic nitrogens is 4. The Morgan fingerprint density at radius 2 is 2.30 bits per heavy atom. The molecule has 0 aliphatic heterocycles. The van der Waals surface area contributed by atoms with E-state index in [1.165, 1.54) is 7.11 Å². The van der Waals surface area contributed by atoms with Gasteiger partial charge < -0.3 is 4.74 Å². The van der Waals surface area contributed by atoms with E-state index in [0.717, 1.165) is 11.3 Å². The highest BCUT2D eigenvalue weighted by Gasteiger charge is 2.27. The fourth-order valence-corrected chi connectivity index (χ4v) is 4.17. The minimum atomic E-state index is -3.87. The van der Waals surface area contributed by atoms with Crippen LogP contribution in [0.3, 0.4) is 0 Å². The number of aryl methyl sites for hydroxylation is 1. The van der Waals surface area contributed by atoms with Gasteiger partial charge in [0.1, 0.15) is 9.77 Å². The second-order valence-corrected chi connectivity index (χ2v) is 6.30. The van der Waals surface area contributed by atoms with E-state index in [4.69, 9.17) is 0 Å². The quantitative estimate of drug-likeness (QED) is 0.733. The van der Waals surface area contributed by atoms with Crippen molar-refractivity contribution in [2.45, 2.75) is 18.4 Å². The van der Waals surface area contributed by atoms with Gasteiger partial charge in [-0.05, 0) is 17.9 Å². The third-order valence-corrected chi connectivity index (χ3v) is 5.16. The molecule has 0 atom stereocenters. The van der Waals surface area contributed by atoms with Gasteiger partial charge in [-0.25, -0.2) is 17.9 Å². The fourth-order valence-electron chi connectivity index (χ4n) is 1.49. The zero-order chi connectivity index (χ0) is 14.8. The first-order valence-electron chi connectivity index (χ1n) is 5.34. The van der Waals surface area contributed by atoms with E-state index >= 15 is 0 Å². The summed E-state index contributed by atoms with van der Waals surface area (Å²) in [6, 6.07) is 0. The summed E-state index contributed by atoms with van der Waals surface area (Å²) < 4.78 is 31.4. The molecular formula is C9H11N5O4S2. The molecule has 0 unspecified atom stereocenters. The van der Waals surface area contributed by atoms with Crippen molar-refractivity contribution in [3.8, 4) is 0 Å². The van der Waals surface area contributed by atoms with Crippen molar-refractivity contribution in [2.24, 2.45) is 0 Å². The highest BCUT2D eigenvalue weighted by atomic mass is 32.2. The molecule has 108 valence electrons. The van der Waals surface area contributed by atoms with Crippen LogP contribution >= 0.6 is 11.3 Å². The number of H-pyrrole nitrogens is 1. The Bertz CT molecular complexity index is 707. The summed E-state index contributed by atoms with van der Waals surface area (Å²) in [5, 5.41) is 14.4. The zero-order valence-electron chi connectivity index (χ0n) is 10.6. The predicted molar refractivity (Wildman–Crippen MR) is 68.6 cm³/mol. The minimum Gasteiger partial charge on any atom is -0.465 e. The Balaban J connectivity index is 2.29. The third-order valence-electron chi connectivity index (χ3n) is 2.37. The summed E-state index contributed by atoms with van der Waals surface area (Å²) in [5.74, 6) is -0.496. The lowest BCUT2D eigenvalue weighted by Gasteiger charge is -2.06. The first-order chi connectivity index (χ1) is 9.45. The number of methoxy groups -OCH3 is 1. The van der Waals surface area contributed by atoms with Crippen LogP contribution in [0.25, 0.3) is 0 Å². The summed E-state index contributed by atoms with van der Waals surface area (Å²) in [6.07, 6.45) is 0. The Hall–Kier alpha value is -1.85. The normalized spacial score (nSPS) is 11.5. The molecule has 2 heterocycles. The lowest BCUT2D eigenvalue weighted by Crippen LogP contribution is -2.25. The van der Waals surface area contributed by atoms with Gasteiger partial charge >= 0.3 is 5.97 Å². The number of ether oxygens (including phenoxy) is 1. The molecular weight excluding hydrogens is 306 g/mol. The molecule has 0 saturated heterocycles. The molecule has 20 heavy (non-hydrogen) atoms. The number of nitrogens with zero attached hydrogens (tertiary/aromatic N) is 3. The van der Waals surface area contributed by atoms with Crippen molar-refractivity contribution < 1.29 is 17.9 Å². The van der Waals surface area contributed by atoms with Crippen molar-refractivity contribution in [1.29, 1.82) is 0 Å². The molecule has 2 aromatic rings. The Labute approximate surface area is 118 Å². The number of carbonyl (C=O) groups excluding carboxylic acids is 1. The van der Waals surface area contributed by atoms with E-state index < -0.39 is 16.0 Å². The second-order valence-electron chi connectivity index (χ2n) is 3.72.